The molecule has 1 rings (SSSR count). The van der Waals surface area contributed by atoms with Crippen LogP contribution in [-0.4, -0.2) is 73.6 Å². The van der Waals surface area contributed by atoms with Gasteiger partial charge >= 0.3 is 12.1 Å². The summed E-state index contributed by atoms with van der Waals surface area (Å²) in [6.45, 7) is 9.32. The Bertz CT molecular complexity index is 820. The minimum atomic E-state index is -0.773. The number of hydrogen-bond donors (Lipinski definition) is 2. The van der Waals surface area contributed by atoms with E-state index in [-0.39, 0.29) is 37.1 Å². The summed E-state index contributed by atoms with van der Waals surface area (Å²) in [5.74, 6) is -0.866. The van der Waals surface area contributed by atoms with Crippen LogP contribution in [0.4, 0.5) is 4.79 Å². The van der Waals surface area contributed by atoms with Crippen LogP contribution in [0.3, 0.4) is 0 Å². The zero-order valence-electron chi connectivity index (χ0n) is 21.3. The summed E-state index contributed by atoms with van der Waals surface area (Å²) < 4.78 is 10.2. The van der Waals surface area contributed by atoms with Crippen LogP contribution in [0.1, 0.15) is 57.8 Å². The number of amides is 2. The average Bonchev–Trinajstić information content (AvgIpc) is 2.77. The Kier molecular flexibility index (Phi) is 11.7. The van der Waals surface area contributed by atoms with Crippen molar-refractivity contribution in [2.75, 3.05) is 27.2 Å². The third-order valence-electron chi connectivity index (χ3n) is 4.97. The molecule has 9 nitrogen and oxygen atoms in total. The number of nitrogens with one attached hydrogen (secondary N) is 2. The number of benzene rings is 1. The molecule has 1 aromatic rings. The van der Waals surface area contributed by atoms with Gasteiger partial charge in [-0.05, 0) is 39.5 Å². The Morgan fingerprint density at radius 1 is 1.06 bits per heavy atom. The maximum absolute atomic E-state index is 12.9. The summed E-state index contributed by atoms with van der Waals surface area (Å²) in [6, 6.07) is 7.26. The molecule has 0 radical (unpaired) electrons. The van der Waals surface area contributed by atoms with E-state index in [9.17, 15) is 19.2 Å². The van der Waals surface area contributed by atoms with Crippen LogP contribution in [0.25, 0.3) is 0 Å². The predicted octanol–water partition coefficient (Wildman–Crippen LogP) is 2.79. The molecule has 0 spiro atoms. The summed E-state index contributed by atoms with van der Waals surface area (Å²) in [5.41, 5.74) is -0.144. The molecule has 9 heteroatoms. The SMILES string of the molecule is COC(=O)[C@@H](CCNC(=O)[C@H](CC(C)C)N(C)C(=O)OC(C)(C)C)NCC(=O)c1ccccc1. The van der Waals surface area contributed by atoms with Crippen molar-refractivity contribution >= 4 is 23.8 Å². The van der Waals surface area contributed by atoms with Crippen LogP contribution in [0.2, 0.25) is 0 Å². The van der Waals surface area contributed by atoms with E-state index in [1.165, 1.54) is 19.1 Å². The van der Waals surface area contributed by atoms with E-state index in [0.717, 1.165) is 0 Å². The maximum atomic E-state index is 12.9. The van der Waals surface area contributed by atoms with Gasteiger partial charge in [0.1, 0.15) is 17.7 Å². The first-order valence-corrected chi connectivity index (χ1v) is 11.5. The molecular formula is C25H39N3O6. The van der Waals surface area contributed by atoms with Crippen LogP contribution in [0, 0.1) is 5.92 Å². The van der Waals surface area contributed by atoms with Gasteiger partial charge in [0.15, 0.2) is 5.78 Å². The quantitative estimate of drug-likeness (QED) is 0.351. The molecule has 2 N–H and O–H groups in total. The highest BCUT2D eigenvalue weighted by Gasteiger charge is 2.31. The largest absolute Gasteiger partial charge is 0.468 e. The first-order chi connectivity index (χ1) is 15.9. The number of esters is 1. The number of carbonyl (C=O) groups is 4. The fourth-order valence-electron chi connectivity index (χ4n) is 3.19. The molecule has 0 aromatic heterocycles. The van der Waals surface area contributed by atoms with E-state index in [1.54, 1.807) is 45.0 Å². The molecule has 0 aliphatic carbocycles. The Hall–Kier alpha value is -2.94. The maximum Gasteiger partial charge on any atom is 0.410 e. The number of likely N-dealkylation sites (N-methyl/N-ethyl adjacent to an activating group) is 1. The number of rotatable bonds is 12. The Balaban J connectivity index is 2.72. The highest BCUT2D eigenvalue weighted by molar-refractivity contribution is 5.97. The lowest BCUT2D eigenvalue weighted by Crippen LogP contribution is -2.50. The molecule has 1 aromatic carbocycles. The number of carbonyl (C=O) groups excluding carboxylic acids is 4. The summed E-state index contributed by atoms with van der Waals surface area (Å²) in [7, 11) is 2.80. The van der Waals surface area contributed by atoms with Gasteiger partial charge in [0.05, 0.1) is 13.7 Å². The first-order valence-electron chi connectivity index (χ1n) is 11.5. The second kappa shape index (κ2) is 13.7. The molecule has 0 fully saturated rings. The molecule has 0 unspecified atom stereocenters. The molecule has 34 heavy (non-hydrogen) atoms. The van der Waals surface area contributed by atoms with Crippen LogP contribution < -0.4 is 10.6 Å². The van der Waals surface area contributed by atoms with Gasteiger partial charge in [0, 0.05) is 19.2 Å². The molecule has 2 atom stereocenters. The van der Waals surface area contributed by atoms with Crippen molar-refractivity contribution in [3.8, 4) is 0 Å². The number of hydrogen-bond acceptors (Lipinski definition) is 7. The zero-order valence-corrected chi connectivity index (χ0v) is 21.3. The minimum absolute atomic E-state index is 0.0465. The van der Waals surface area contributed by atoms with Gasteiger partial charge in [-0.2, -0.15) is 0 Å². The van der Waals surface area contributed by atoms with Gasteiger partial charge in [0.2, 0.25) is 5.91 Å². The normalized spacial score (nSPS) is 13.1. The van der Waals surface area contributed by atoms with Crippen LogP contribution in [0.15, 0.2) is 30.3 Å². The summed E-state index contributed by atoms with van der Waals surface area (Å²) in [4.78, 5) is 51.2. The molecule has 0 aliphatic heterocycles. The van der Waals surface area contributed by atoms with Gasteiger partial charge in [0.25, 0.3) is 0 Å². The lowest BCUT2D eigenvalue weighted by Gasteiger charge is -2.31. The van der Waals surface area contributed by atoms with Gasteiger partial charge in [-0.25, -0.2) is 4.79 Å². The third-order valence-corrected chi connectivity index (χ3v) is 4.97. The molecule has 0 saturated heterocycles. The second-order valence-corrected chi connectivity index (χ2v) is 9.56. The Labute approximate surface area is 202 Å². The number of nitrogens with zero attached hydrogens (tertiary/aromatic N) is 1. The van der Waals surface area contributed by atoms with Crippen LogP contribution in [-0.2, 0) is 19.1 Å². The summed E-state index contributed by atoms with van der Waals surface area (Å²) in [5, 5.41) is 5.71. The van der Waals surface area contributed by atoms with Crippen LogP contribution >= 0.6 is 0 Å². The monoisotopic (exact) mass is 477 g/mol. The minimum Gasteiger partial charge on any atom is -0.468 e. The number of methoxy groups -OCH3 is 1. The molecule has 2 amide bonds. The van der Waals surface area contributed by atoms with Gasteiger partial charge in [-0.15, -0.1) is 0 Å². The van der Waals surface area contributed by atoms with Crippen LogP contribution in [0.5, 0.6) is 0 Å². The second-order valence-electron chi connectivity index (χ2n) is 9.56. The summed E-state index contributed by atoms with van der Waals surface area (Å²) in [6.07, 6.45) is 0.0819. The zero-order chi connectivity index (χ0) is 25.9. The van der Waals surface area contributed by atoms with Gasteiger partial charge in [-0.1, -0.05) is 44.2 Å². The fourth-order valence-corrected chi connectivity index (χ4v) is 3.19. The van der Waals surface area contributed by atoms with Crippen molar-refractivity contribution in [3.05, 3.63) is 35.9 Å². The molecule has 0 heterocycles. The van der Waals surface area contributed by atoms with Crippen molar-refractivity contribution in [1.29, 1.82) is 0 Å². The van der Waals surface area contributed by atoms with Crippen molar-refractivity contribution < 1.29 is 28.7 Å². The van der Waals surface area contributed by atoms with Crippen molar-refractivity contribution in [3.63, 3.8) is 0 Å². The standard InChI is InChI=1S/C25H39N3O6/c1-17(2)15-20(28(6)24(32)34-25(3,4)5)22(30)26-14-13-19(23(31)33-7)27-16-21(29)18-11-9-8-10-12-18/h8-12,17,19-20,27H,13-16H2,1-7H3,(H,26,30)/t19-,20+/m1/s1. The van der Waals surface area contributed by atoms with Crippen molar-refractivity contribution in [2.45, 2.75) is 65.1 Å². The molecular weight excluding hydrogens is 438 g/mol. The van der Waals surface area contributed by atoms with E-state index in [1.807, 2.05) is 19.9 Å². The van der Waals surface area contributed by atoms with E-state index in [4.69, 9.17) is 9.47 Å². The number of ether oxygens (including phenoxy) is 2. The average molecular weight is 478 g/mol. The molecule has 190 valence electrons. The first kappa shape index (κ1) is 29.1. The van der Waals surface area contributed by atoms with E-state index in [0.29, 0.717) is 12.0 Å². The Morgan fingerprint density at radius 2 is 1.68 bits per heavy atom. The predicted molar refractivity (Wildman–Crippen MR) is 129 cm³/mol. The highest BCUT2D eigenvalue weighted by atomic mass is 16.6. The third kappa shape index (κ3) is 10.3. The topological polar surface area (TPSA) is 114 Å². The van der Waals surface area contributed by atoms with Crippen molar-refractivity contribution in [2.24, 2.45) is 5.92 Å². The number of ketones is 1. The van der Waals surface area contributed by atoms with E-state index >= 15 is 0 Å². The molecule has 0 saturated carbocycles. The lowest BCUT2D eigenvalue weighted by molar-refractivity contribution is -0.143. The lowest BCUT2D eigenvalue weighted by atomic mass is 10.0. The van der Waals surface area contributed by atoms with Crippen molar-refractivity contribution in [1.82, 2.24) is 15.5 Å². The smallest absolute Gasteiger partial charge is 0.410 e. The fraction of sp³-hybridized carbons (Fsp3) is 0.600. The van der Waals surface area contributed by atoms with E-state index < -0.39 is 29.7 Å². The molecule has 0 bridgehead atoms. The van der Waals surface area contributed by atoms with Gasteiger partial charge < -0.3 is 14.8 Å². The number of Topliss-reactive ketones (excluding diaryl/α,β-unsaturated/α-hetero) is 1. The van der Waals surface area contributed by atoms with E-state index in [2.05, 4.69) is 10.6 Å². The Morgan fingerprint density at radius 3 is 2.21 bits per heavy atom. The molecule has 0 aliphatic rings. The van der Waals surface area contributed by atoms with Gasteiger partial charge in [-0.3, -0.25) is 24.6 Å². The highest BCUT2D eigenvalue weighted by Crippen LogP contribution is 2.15. The summed E-state index contributed by atoms with van der Waals surface area (Å²) >= 11 is 0.